The van der Waals surface area contributed by atoms with E-state index in [1.807, 2.05) is 6.92 Å². The van der Waals surface area contributed by atoms with E-state index in [1.54, 1.807) is 0 Å². The molecule has 0 saturated heterocycles. The summed E-state index contributed by atoms with van der Waals surface area (Å²) in [5, 5.41) is 9.22. The Bertz CT molecular complexity index is 426. The minimum absolute atomic E-state index is 0.188. The summed E-state index contributed by atoms with van der Waals surface area (Å²) < 4.78 is 0. The summed E-state index contributed by atoms with van der Waals surface area (Å²) in [7, 11) is 0. The highest BCUT2D eigenvalue weighted by atomic mass is 16.3. The lowest BCUT2D eigenvalue weighted by molar-refractivity contribution is 0.186. The maximum atomic E-state index is 9.22. The van der Waals surface area contributed by atoms with Crippen LogP contribution in [-0.2, 0) is 6.42 Å². The Labute approximate surface area is 124 Å². The third-order valence-electron chi connectivity index (χ3n) is 3.43. The fourth-order valence-electron chi connectivity index (χ4n) is 2.21. The van der Waals surface area contributed by atoms with Gasteiger partial charge in [0.1, 0.15) is 0 Å². The Hall–Kier alpha value is -1.34. The number of hydrogen-bond acceptors (Lipinski definition) is 1. The standard InChI is InChI=1S/C19H28O/c1-16(10-8-12-18(3)20)9-7-11-17(2)15-19-13-5-4-6-14-19/h4-6,10-11,13-14,18,20H,7-9,12,15H2,1-3H3. The van der Waals surface area contributed by atoms with E-state index in [0.29, 0.717) is 0 Å². The number of hydrogen-bond donors (Lipinski definition) is 1. The Morgan fingerprint density at radius 3 is 2.35 bits per heavy atom. The van der Waals surface area contributed by atoms with E-state index >= 15 is 0 Å². The van der Waals surface area contributed by atoms with Gasteiger partial charge in [0.05, 0.1) is 6.10 Å². The van der Waals surface area contributed by atoms with E-state index in [-0.39, 0.29) is 6.10 Å². The highest BCUT2D eigenvalue weighted by Gasteiger charge is 1.96. The number of allylic oxidation sites excluding steroid dienone is 4. The van der Waals surface area contributed by atoms with Gasteiger partial charge in [-0.2, -0.15) is 0 Å². The summed E-state index contributed by atoms with van der Waals surface area (Å²) in [5.41, 5.74) is 4.24. The van der Waals surface area contributed by atoms with E-state index in [1.165, 1.54) is 16.7 Å². The molecule has 1 atom stereocenters. The first-order chi connectivity index (χ1) is 9.58. The van der Waals surface area contributed by atoms with E-state index in [2.05, 4.69) is 56.3 Å². The second-order valence-electron chi connectivity index (χ2n) is 5.73. The Kier molecular flexibility index (Phi) is 7.98. The fourth-order valence-corrected chi connectivity index (χ4v) is 2.21. The largest absolute Gasteiger partial charge is 0.393 e. The molecule has 0 aliphatic rings. The first-order valence-electron chi connectivity index (χ1n) is 7.61. The Morgan fingerprint density at radius 1 is 1.05 bits per heavy atom. The lowest BCUT2D eigenvalue weighted by atomic mass is 10.0. The Morgan fingerprint density at radius 2 is 1.70 bits per heavy atom. The van der Waals surface area contributed by atoms with Crippen LogP contribution in [0.4, 0.5) is 0 Å². The average Bonchev–Trinajstić information content (AvgIpc) is 2.39. The molecule has 0 heterocycles. The lowest BCUT2D eigenvalue weighted by Crippen LogP contribution is -1.97. The number of rotatable bonds is 8. The second kappa shape index (κ2) is 9.55. The quantitative estimate of drug-likeness (QED) is 0.656. The van der Waals surface area contributed by atoms with Gasteiger partial charge in [0.25, 0.3) is 0 Å². The topological polar surface area (TPSA) is 20.2 Å². The molecule has 20 heavy (non-hydrogen) atoms. The van der Waals surface area contributed by atoms with Crippen molar-refractivity contribution in [2.75, 3.05) is 0 Å². The van der Waals surface area contributed by atoms with Crippen LogP contribution in [0, 0.1) is 0 Å². The summed E-state index contributed by atoms with van der Waals surface area (Å²) >= 11 is 0. The molecule has 0 bridgehead atoms. The van der Waals surface area contributed by atoms with Crippen LogP contribution < -0.4 is 0 Å². The van der Waals surface area contributed by atoms with Crippen LogP contribution in [0.1, 0.15) is 52.0 Å². The van der Waals surface area contributed by atoms with Gasteiger partial charge in [0, 0.05) is 0 Å². The van der Waals surface area contributed by atoms with Crippen LogP contribution in [0.25, 0.3) is 0 Å². The van der Waals surface area contributed by atoms with Crippen molar-refractivity contribution < 1.29 is 5.11 Å². The van der Waals surface area contributed by atoms with Crippen molar-refractivity contribution in [3.05, 3.63) is 59.2 Å². The predicted molar refractivity (Wildman–Crippen MR) is 87.8 cm³/mol. The molecule has 1 unspecified atom stereocenters. The minimum atomic E-state index is -0.188. The van der Waals surface area contributed by atoms with Crippen molar-refractivity contribution in [3.8, 4) is 0 Å². The van der Waals surface area contributed by atoms with Gasteiger partial charge in [-0.3, -0.25) is 0 Å². The van der Waals surface area contributed by atoms with E-state index in [4.69, 9.17) is 0 Å². The normalized spacial score (nSPS) is 14.4. The van der Waals surface area contributed by atoms with Crippen molar-refractivity contribution in [2.45, 2.75) is 59.0 Å². The smallest absolute Gasteiger partial charge is 0.0515 e. The summed E-state index contributed by atoms with van der Waals surface area (Å²) in [5.74, 6) is 0. The zero-order valence-electron chi connectivity index (χ0n) is 13.1. The van der Waals surface area contributed by atoms with Crippen LogP contribution in [0.15, 0.2) is 53.6 Å². The molecule has 1 aromatic carbocycles. The van der Waals surface area contributed by atoms with Crippen LogP contribution in [0.5, 0.6) is 0 Å². The molecule has 1 nitrogen and oxygen atoms in total. The van der Waals surface area contributed by atoms with Crippen LogP contribution >= 0.6 is 0 Å². The molecule has 0 radical (unpaired) electrons. The first-order valence-corrected chi connectivity index (χ1v) is 7.61. The fraction of sp³-hybridized carbons (Fsp3) is 0.474. The first kappa shape index (κ1) is 16.7. The molecule has 110 valence electrons. The molecule has 0 spiro atoms. The zero-order chi connectivity index (χ0) is 14.8. The van der Waals surface area contributed by atoms with Gasteiger partial charge in [0.2, 0.25) is 0 Å². The van der Waals surface area contributed by atoms with Crippen molar-refractivity contribution in [1.29, 1.82) is 0 Å². The van der Waals surface area contributed by atoms with Gasteiger partial charge in [0.15, 0.2) is 0 Å². The van der Waals surface area contributed by atoms with Gasteiger partial charge in [-0.25, -0.2) is 0 Å². The molecule has 0 aromatic heterocycles. The molecular formula is C19H28O. The average molecular weight is 272 g/mol. The maximum absolute atomic E-state index is 9.22. The van der Waals surface area contributed by atoms with Crippen LogP contribution in [0.2, 0.25) is 0 Å². The number of aliphatic hydroxyl groups is 1. The molecule has 0 amide bonds. The van der Waals surface area contributed by atoms with Crippen LogP contribution in [0.3, 0.4) is 0 Å². The predicted octanol–water partition coefficient (Wildman–Crippen LogP) is 5.06. The Balaban J connectivity index is 2.29. The number of aliphatic hydroxyl groups excluding tert-OH is 1. The van der Waals surface area contributed by atoms with Crippen molar-refractivity contribution in [1.82, 2.24) is 0 Å². The lowest BCUT2D eigenvalue weighted by Gasteiger charge is -2.04. The molecule has 1 heteroatoms. The van der Waals surface area contributed by atoms with Gasteiger partial charge < -0.3 is 5.11 Å². The highest BCUT2D eigenvalue weighted by Crippen LogP contribution is 2.12. The van der Waals surface area contributed by atoms with Gasteiger partial charge >= 0.3 is 0 Å². The summed E-state index contributed by atoms with van der Waals surface area (Å²) in [6, 6.07) is 10.6. The van der Waals surface area contributed by atoms with Crippen LogP contribution in [-0.4, -0.2) is 11.2 Å². The molecule has 1 rings (SSSR count). The second-order valence-corrected chi connectivity index (χ2v) is 5.73. The molecule has 0 fully saturated rings. The minimum Gasteiger partial charge on any atom is -0.393 e. The molecule has 1 aromatic rings. The number of benzene rings is 1. The van der Waals surface area contributed by atoms with Crippen molar-refractivity contribution in [3.63, 3.8) is 0 Å². The van der Waals surface area contributed by atoms with E-state index in [0.717, 1.165) is 32.1 Å². The van der Waals surface area contributed by atoms with Gasteiger partial charge in [-0.1, -0.05) is 53.6 Å². The third-order valence-corrected chi connectivity index (χ3v) is 3.43. The molecule has 1 N–H and O–H groups in total. The SMILES string of the molecule is CC(=CCCC(C)O)CCC=C(C)Cc1ccccc1. The molecule has 0 aliphatic heterocycles. The summed E-state index contributed by atoms with van der Waals surface area (Å²) in [4.78, 5) is 0. The van der Waals surface area contributed by atoms with Crippen molar-refractivity contribution in [2.24, 2.45) is 0 Å². The zero-order valence-corrected chi connectivity index (χ0v) is 13.1. The van der Waals surface area contributed by atoms with Gasteiger partial charge in [-0.15, -0.1) is 0 Å². The third kappa shape index (κ3) is 7.96. The van der Waals surface area contributed by atoms with E-state index in [9.17, 15) is 5.11 Å². The van der Waals surface area contributed by atoms with Crippen molar-refractivity contribution >= 4 is 0 Å². The highest BCUT2D eigenvalue weighted by molar-refractivity contribution is 5.21. The van der Waals surface area contributed by atoms with Gasteiger partial charge in [-0.05, 0) is 58.4 Å². The molecular weight excluding hydrogens is 244 g/mol. The monoisotopic (exact) mass is 272 g/mol. The maximum Gasteiger partial charge on any atom is 0.0515 e. The summed E-state index contributed by atoms with van der Waals surface area (Å²) in [6.07, 6.45) is 9.53. The molecule has 0 saturated carbocycles. The summed E-state index contributed by atoms with van der Waals surface area (Å²) in [6.45, 7) is 6.24. The molecule has 0 aliphatic carbocycles. The van der Waals surface area contributed by atoms with E-state index < -0.39 is 0 Å².